The van der Waals surface area contributed by atoms with Gasteiger partial charge in [0.25, 0.3) is 17.7 Å². The number of hydrogen-bond acceptors (Lipinski definition) is 10. The van der Waals surface area contributed by atoms with Gasteiger partial charge in [-0.3, -0.25) is 28.8 Å². The molecule has 0 fully saturated rings. The largest absolute Gasteiger partial charge is 0.457 e. The molecule has 12 nitrogen and oxygen atoms in total. The van der Waals surface area contributed by atoms with Crippen LogP contribution in [0.1, 0.15) is 75.5 Å². The first-order valence-electron chi connectivity index (χ1n) is 17.7. The summed E-state index contributed by atoms with van der Waals surface area (Å²) in [5.41, 5.74) is 14.9. The summed E-state index contributed by atoms with van der Waals surface area (Å²) in [7, 11) is 0. The molecular weight excluding hydrogens is 765 g/mol. The number of ether oxygens (including phenoxy) is 1. The average molecular weight is 801 g/mol. The number of rotatable bonds is 11. The summed E-state index contributed by atoms with van der Waals surface area (Å²) in [5, 5.41) is 3.89. The van der Waals surface area contributed by atoms with Gasteiger partial charge < -0.3 is 31.7 Å². The van der Waals surface area contributed by atoms with Crippen LogP contribution in [-0.2, 0) is 0 Å². The van der Waals surface area contributed by atoms with Crippen LogP contribution in [0.5, 0.6) is 11.5 Å². The molecule has 7 rings (SSSR count). The standard InChI is InChI=1S/C43H36N4O8S2/c1-42(2,20-43(3,4)57-29-19-24(38(44)50)30(39(45)51)36-33(29)34(48)22-14-8-10-16-26(22)55-36)47-41(53)25-18-27(54-21-12-6-5-7-13-21)32-35(49)23-15-9-11-17-28(23)56-37(32)31(25)40(46)52/h5-19H,20H2,1-4H3,(H2,44,50)(H2,45,51)(H2,46,52)(H,47,53). The van der Waals surface area contributed by atoms with E-state index < -0.39 is 39.3 Å². The van der Waals surface area contributed by atoms with Crippen LogP contribution in [0.25, 0.3) is 42.1 Å². The number of para-hydroxylation sites is 2. The molecule has 5 aromatic carbocycles. The van der Waals surface area contributed by atoms with Crippen molar-refractivity contribution in [1.82, 2.24) is 5.32 Å². The van der Waals surface area contributed by atoms with Gasteiger partial charge in [-0.15, -0.1) is 23.1 Å². The van der Waals surface area contributed by atoms with Gasteiger partial charge in [0.05, 0.1) is 43.1 Å². The van der Waals surface area contributed by atoms with Crippen molar-refractivity contribution in [2.75, 3.05) is 0 Å². The van der Waals surface area contributed by atoms with Crippen molar-refractivity contribution in [1.29, 1.82) is 0 Å². The van der Waals surface area contributed by atoms with Crippen molar-refractivity contribution < 1.29 is 28.3 Å². The van der Waals surface area contributed by atoms with Crippen molar-refractivity contribution >= 4 is 88.8 Å². The van der Waals surface area contributed by atoms with E-state index in [-0.39, 0.29) is 71.9 Å². The molecule has 0 bridgehead atoms. The molecule has 4 amide bonds. The summed E-state index contributed by atoms with van der Waals surface area (Å²) in [6.45, 7) is 7.34. The van der Waals surface area contributed by atoms with E-state index >= 15 is 0 Å². The highest BCUT2D eigenvalue weighted by Gasteiger charge is 2.35. The minimum Gasteiger partial charge on any atom is -0.457 e. The number of primary amides is 3. The van der Waals surface area contributed by atoms with Crippen LogP contribution in [0.2, 0.25) is 0 Å². The first-order valence-corrected chi connectivity index (χ1v) is 19.3. The van der Waals surface area contributed by atoms with Gasteiger partial charge in [0.1, 0.15) is 17.1 Å². The van der Waals surface area contributed by atoms with Gasteiger partial charge in [0.2, 0.25) is 11.3 Å². The maximum atomic E-state index is 14.4. The lowest BCUT2D eigenvalue weighted by atomic mass is 9.91. The molecule has 2 aromatic heterocycles. The molecule has 0 spiro atoms. The number of nitrogens with one attached hydrogen (secondary N) is 1. The molecule has 7 N–H and O–H groups in total. The molecule has 2 heterocycles. The van der Waals surface area contributed by atoms with Crippen LogP contribution in [0.15, 0.2) is 110 Å². The number of carbonyl (C=O) groups excluding carboxylic acids is 4. The lowest BCUT2D eigenvalue weighted by Crippen LogP contribution is -2.47. The highest BCUT2D eigenvalue weighted by molar-refractivity contribution is 8.00. The Morgan fingerprint density at radius 3 is 2.02 bits per heavy atom. The number of thioether (sulfide) groups is 1. The van der Waals surface area contributed by atoms with Crippen molar-refractivity contribution in [3.05, 3.63) is 134 Å². The van der Waals surface area contributed by atoms with Gasteiger partial charge in [-0.1, -0.05) is 56.3 Å². The average Bonchev–Trinajstić information content (AvgIpc) is 3.13. The third-order valence-electron chi connectivity index (χ3n) is 9.31. The minimum atomic E-state index is -0.999. The zero-order valence-electron chi connectivity index (χ0n) is 31.2. The first-order chi connectivity index (χ1) is 27.0. The van der Waals surface area contributed by atoms with Crippen LogP contribution < -0.4 is 38.1 Å². The van der Waals surface area contributed by atoms with Crippen molar-refractivity contribution in [2.45, 2.75) is 49.3 Å². The molecule has 0 atom stereocenters. The van der Waals surface area contributed by atoms with E-state index in [1.54, 1.807) is 86.6 Å². The normalized spacial score (nSPS) is 11.9. The van der Waals surface area contributed by atoms with Gasteiger partial charge in [-0.25, -0.2) is 0 Å². The van der Waals surface area contributed by atoms with Gasteiger partial charge >= 0.3 is 0 Å². The Labute approximate surface area is 333 Å². The predicted molar refractivity (Wildman–Crippen MR) is 224 cm³/mol. The molecule has 0 saturated heterocycles. The van der Waals surface area contributed by atoms with Crippen LogP contribution in [0, 0.1) is 0 Å². The number of carbonyl (C=O) groups is 4. The molecule has 0 aliphatic carbocycles. The Morgan fingerprint density at radius 1 is 0.737 bits per heavy atom. The number of hydrogen-bond donors (Lipinski definition) is 4. The second-order valence-corrected chi connectivity index (χ2v) is 17.5. The second kappa shape index (κ2) is 14.5. The summed E-state index contributed by atoms with van der Waals surface area (Å²) < 4.78 is 12.3. The Bertz CT molecular complexity index is 2970. The third-order valence-corrected chi connectivity index (χ3v) is 11.7. The molecular formula is C43H36N4O8S2. The molecule has 0 unspecified atom stereocenters. The number of fused-ring (bicyclic) bond motifs is 4. The quantitative estimate of drug-likeness (QED) is 0.0766. The van der Waals surface area contributed by atoms with E-state index in [9.17, 15) is 28.8 Å². The summed E-state index contributed by atoms with van der Waals surface area (Å²) >= 11 is 2.37. The second-order valence-electron chi connectivity index (χ2n) is 14.7. The Balaban J connectivity index is 1.30. The van der Waals surface area contributed by atoms with E-state index in [0.29, 0.717) is 20.7 Å². The lowest BCUT2D eigenvalue weighted by Gasteiger charge is -2.35. The highest BCUT2D eigenvalue weighted by Crippen LogP contribution is 2.43. The highest BCUT2D eigenvalue weighted by atomic mass is 32.2. The third kappa shape index (κ3) is 7.32. The summed E-state index contributed by atoms with van der Waals surface area (Å²) in [5.74, 6) is -3.00. The van der Waals surface area contributed by atoms with Crippen molar-refractivity contribution in [2.24, 2.45) is 17.2 Å². The lowest BCUT2D eigenvalue weighted by molar-refractivity contribution is 0.0894. The molecule has 14 heteroatoms. The van der Waals surface area contributed by atoms with E-state index in [1.165, 1.54) is 23.9 Å². The monoisotopic (exact) mass is 800 g/mol. The van der Waals surface area contributed by atoms with Crippen molar-refractivity contribution in [3.8, 4) is 11.5 Å². The fraction of sp³-hybridized carbons (Fsp3) is 0.163. The van der Waals surface area contributed by atoms with Gasteiger partial charge in [0, 0.05) is 25.3 Å². The predicted octanol–water partition coefficient (Wildman–Crippen LogP) is 7.23. The number of benzene rings is 5. The first kappa shape index (κ1) is 38.8. The fourth-order valence-electron chi connectivity index (χ4n) is 7.34. The zero-order valence-corrected chi connectivity index (χ0v) is 32.8. The molecule has 57 heavy (non-hydrogen) atoms. The Hall–Kier alpha value is -6.51. The van der Waals surface area contributed by atoms with Gasteiger partial charge in [-0.05, 0) is 68.8 Å². The smallest absolute Gasteiger partial charge is 0.253 e. The van der Waals surface area contributed by atoms with E-state index in [2.05, 4.69) is 5.32 Å². The minimum absolute atomic E-state index is 0.0483. The summed E-state index contributed by atoms with van der Waals surface area (Å²) in [6.07, 6.45) is 0.255. The molecule has 0 radical (unpaired) electrons. The van der Waals surface area contributed by atoms with E-state index in [0.717, 1.165) is 11.3 Å². The van der Waals surface area contributed by atoms with Crippen LogP contribution in [0.3, 0.4) is 0 Å². The summed E-state index contributed by atoms with van der Waals surface area (Å²) in [6, 6.07) is 24.9. The van der Waals surface area contributed by atoms with Crippen LogP contribution in [-0.4, -0.2) is 33.9 Å². The van der Waals surface area contributed by atoms with Gasteiger partial charge in [-0.2, -0.15) is 0 Å². The molecule has 0 aliphatic rings. The topological polar surface area (TPSA) is 215 Å². The van der Waals surface area contributed by atoms with Gasteiger partial charge in [0.15, 0.2) is 11.0 Å². The summed E-state index contributed by atoms with van der Waals surface area (Å²) in [4.78, 5) is 81.2. The molecule has 0 aliphatic heterocycles. The van der Waals surface area contributed by atoms with E-state index in [4.69, 9.17) is 26.4 Å². The van der Waals surface area contributed by atoms with Crippen molar-refractivity contribution in [3.63, 3.8) is 0 Å². The zero-order chi connectivity index (χ0) is 41.0. The molecule has 288 valence electrons. The fourth-order valence-corrected chi connectivity index (χ4v) is 10.1. The van der Waals surface area contributed by atoms with E-state index in [1.807, 2.05) is 19.9 Å². The molecule has 0 saturated carbocycles. The molecule has 7 aromatic rings. The van der Waals surface area contributed by atoms with Crippen LogP contribution in [0.4, 0.5) is 0 Å². The maximum Gasteiger partial charge on any atom is 0.253 e. The maximum absolute atomic E-state index is 14.4. The number of nitrogens with two attached hydrogens (primary N) is 3. The Kier molecular flexibility index (Phi) is 9.88. The SMILES string of the molecule is CC(C)(CC(C)(C)Sc1cc(C(N)=O)c(C(N)=O)c2oc3ccccc3c(=O)c12)NC(=O)c1cc(Oc2ccccc2)c2c(=O)c3ccccc3sc2c1C(N)=O. The number of amides is 4. The van der Waals surface area contributed by atoms with Crippen LogP contribution >= 0.6 is 23.1 Å². The Morgan fingerprint density at radius 2 is 1.35 bits per heavy atom.